The van der Waals surface area contributed by atoms with Crippen molar-refractivity contribution in [1.29, 1.82) is 0 Å². The Morgan fingerprint density at radius 1 is 0.543 bits per heavy atom. The highest BCUT2D eigenvalue weighted by molar-refractivity contribution is 5.63. The van der Waals surface area contributed by atoms with Crippen molar-refractivity contribution >= 4 is 0 Å². The molecule has 1 aliphatic heterocycles. The number of fused-ring (bicyclic) bond motifs is 1. The molecule has 3 aromatic carbocycles. The zero-order valence-electron chi connectivity index (χ0n) is 20.1. The minimum absolute atomic E-state index is 0.211. The number of hydrogen-bond acceptors (Lipinski definition) is 7. The van der Waals surface area contributed by atoms with Gasteiger partial charge in [0.2, 0.25) is 12.5 Å². The average Bonchev–Trinajstić information content (AvgIpc) is 3.37. The molecule has 7 nitrogen and oxygen atoms in total. The van der Waals surface area contributed by atoms with Crippen LogP contribution in [0.5, 0.6) is 40.2 Å². The lowest BCUT2D eigenvalue weighted by Crippen LogP contribution is -1.96. The molecule has 0 atom stereocenters. The van der Waals surface area contributed by atoms with Crippen LogP contribution in [0.25, 0.3) is 0 Å². The smallest absolute Gasteiger partial charge is 0.231 e. The Hall–Kier alpha value is -4.62. The fraction of sp³-hybridized carbons (Fsp3) is 0.214. The monoisotopic (exact) mass is 472 g/mol. The fourth-order valence-electron chi connectivity index (χ4n) is 3.49. The van der Waals surface area contributed by atoms with Gasteiger partial charge in [-0.1, -0.05) is 23.7 Å². The summed E-state index contributed by atoms with van der Waals surface area (Å²) in [7, 11) is 7.83. The summed E-state index contributed by atoms with van der Waals surface area (Å²) >= 11 is 0. The topological polar surface area (TPSA) is 64.6 Å². The van der Waals surface area contributed by atoms with Gasteiger partial charge in [0.25, 0.3) is 0 Å². The molecule has 0 aliphatic carbocycles. The van der Waals surface area contributed by atoms with Crippen LogP contribution in [0.3, 0.4) is 0 Å². The van der Waals surface area contributed by atoms with Crippen molar-refractivity contribution in [3.05, 3.63) is 64.7 Å². The molecule has 178 valence electrons. The van der Waals surface area contributed by atoms with Gasteiger partial charge in [-0.2, -0.15) is 0 Å². The van der Waals surface area contributed by atoms with Crippen LogP contribution in [-0.2, 0) is 0 Å². The normalized spacial score (nSPS) is 10.9. The van der Waals surface area contributed by atoms with E-state index in [0.29, 0.717) is 56.9 Å². The lowest BCUT2D eigenvalue weighted by Gasteiger charge is -2.12. The van der Waals surface area contributed by atoms with Gasteiger partial charge < -0.3 is 33.2 Å². The SMILES string of the molecule is COc1cc(C#Cc2ccc3c(c2)OCO3)c(C#Cc2cc(OC)c(OC)c(OC)c2)cc1OC. The van der Waals surface area contributed by atoms with Gasteiger partial charge in [0.05, 0.1) is 35.5 Å². The molecule has 0 spiro atoms. The number of rotatable bonds is 5. The van der Waals surface area contributed by atoms with Gasteiger partial charge >= 0.3 is 0 Å². The first-order chi connectivity index (χ1) is 17.1. The minimum Gasteiger partial charge on any atom is -0.493 e. The van der Waals surface area contributed by atoms with Crippen molar-refractivity contribution in [1.82, 2.24) is 0 Å². The van der Waals surface area contributed by atoms with E-state index in [-0.39, 0.29) is 6.79 Å². The first-order valence-corrected chi connectivity index (χ1v) is 10.6. The highest BCUT2D eigenvalue weighted by Gasteiger charge is 2.14. The second-order valence-corrected chi connectivity index (χ2v) is 7.23. The minimum atomic E-state index is 0.211. The maximum Gasteiger partial charge on any atom is 0.231 e. The molecule has 1 heterocycles. The van der Waals surface area contributed by atoms with Crippen molar-refractivity contribution < 1.29 is 33.2 Å². The van der Waals surface area contributed by atoms with Crippen molar-refractivity contribution in [3.63, 3.8) is 0 Å². The first-order valence-electron chi connectivity index (χ1n) is 10.6. The third-order valence-electron chi connectivity index (χ3n) is 5.24. The van der Waals surface area contributed by atoms with Gasteiger partial charge in [0.1, 0.15) is 0 Å². The molecule has 1 aliphatic rings. The van der Waals surface area contributed by atoms with Crippen LogP contribution in [-0.4, -0.2) is 42.3 Å². The zero-order valence-corrected chi connectivity index (χ0v) is 20.1. The predicted molar refractivity (Wildman–Crippen MR) is 130 cm³/mol. The summed E-state index contributed by atoms with van der Waals surface area (Å²) in [4.78, 5) is 0. The molecule has 0 N–H and O–H groups in total. The summed E-state index contributed by atoms with van der Waals surface area (Å²) in [5, 5.41) is 0. The van der Waals surface area contributed by atoms with Gasteiger partial charge in [0.15, 0.2) is 34.5 Å². The second kappa shape index (κ2) is 10.5. The standard InChI is InChI=1S/C28H24O7/c1-29-23-15-20(9-6-18-8-11-22-25(12-18)35-17-34-22)21(16-24(23)30-2)10-7-19-13-26(31-3)28(33-5)27(14-19)32-4/h8,11-16H,17H2,1-5H3. The van der Waals surface area contributed by atoms with E-state index < -0.39 is 0 Å². The first kappa shape index (κ1) is 23.5. The summed E-state index contributed by atoms with van der Waals surface area (Å²) in [6, 6.07) is 12.7. The molecule has 3 aromatic rings. The zero-order chi connectivity index (χ0) is 24.8. The van der Waals surface area contributed by atoms with Crippen LogP contribution in [0, 0.1) is 23.7 Å². The molecule has 0 saturated carbocycles. The predicted octanol–water partition coefficient (Wildman–Crippen LogP) is 4.26. The van der Waals surface area contributed by atoms with Crippen LogP contribution in [0.4, 0.5) is 0 Å². The Morgan fingerprint density at radius 2 is 1.09 bits per heavy atom. The fourth-order valence-corrected chi connectivity index (χ4v) is 3.49. The summed E-state index contributed by atoms with van der Waals surface area (Å²) in [5.41, 5.74) is 2.82. The molecule has 0 radical (unpaired) electrons. The van der Waals surface area contributed by atoms with Crippen molar-refractivity contribution in [2.75, 3.05) is 42.3 Å². The van der Waals surface area contributed by atoms with E-state index in [2.05, 4.69) is 23.7 Å². The lowest BCUT2D eigenvalue weighted by atomic mass is 10.0. The molecule has 7 heteroatoms. The van der Waals surface area contributed by atoms with Crippen molar-refractivity contribution in [2.45, 2.75) is 0 Å². The largest absolute Gasteiger partial charge is 0.493 e. The van der Waals surface area contributed by atoms with E-state index in [1.54, 1.807) is 59.8 Å². The Bertz CT molecular complexity index is 1340. The molecule has 0 bridgehead atoms. The molecule has 4 rings (SSSR count). The number of ether oxygens (including phenoxy) is 7. The van der Waals surface area contributed by atoms with E-state index >= 15 is 0 Å². The molecule has 0 fully saturated rings. The maximum absolute atomic E-state index is 5.47. The Kier molecular flexibility index (Phi) is 7.09. The van der Waals surface area contributed by atoms with E-state index in [9.17, 15) is 0 Å². The van der Waals surface area contributed by atoms with Gasteiger partial charge in [-0.15, -0.1) is 0 Å². The molecular weight excluding hydrogens is 448 g/mol. The Labute approximate surface area is 204 Å². The van der Waals surface area contributed by atoms with Crippen LogP contribution in [0.2, 0.25) is 0 Å². The van der Waals surface area contributed by atoms with E-state index in [1.807, 2.05) is 18.2 Å². The molecule has 0 amide bonds. The van der Waals surface area contributed by atoms with Crippen molar-refractivity contribution in [2.24, 2.45) is 0 Å². The molecular formula is C28H24O7. The summed E-state index contributed by atoms with van der Waals surface area (Å²) < 4.78 is 38.0. The second-order valence-electron chi connectivity index (χ2n) is 7.23. The molecule has 35 heavy (non-hydrogen) atoms. The number of hydrogen-bond donors (Lipinski definition) is 0. The van der Waals surface area contributed by atoms with Crippen LogP contribution >= 0.6 is 0 Å². The van der Waals surface area contributed by atoms with E-state index in [0.717, 1.165) is 5.56 Å². The highest BCUT2D eigenvalue weighted by atomic mass is 16.7. The van der Waals surface area contributed by atoms with Gasteiger partial charge in [-0.05, 0) is 30.3 Å². The summed E-state index contributed by atoms with van der Waals surface area (Å²) in [6.07, 6.45) is 0. The Balaban J connectivity index is 1.77. The summed E-state index contributed by atoms with van der Waals surface area (Å²) in [5.74, 6) is 16.7. The Morgan fingerprint density at radius 3 is 1.63 bits per heavy atom. The molecule has 0 aromatic heterocycles. The maximum atomic E-state index is 5.47. The number of methoxy groups -OCH3 is 5. The third kappa shape index (κ3) is 5.00. The highest BCUT2D eigenvalue weighted by Crippen LogP contribution is 2.38. The quantitative estimate of drug-likeness (QED) is 0.514. The summed E-state index contributed by atoms with van der Waals surface area (Å²) in [6.45, 7) is 0.211. The van der Waals surface area contributed by atoms with Gasteiger partial charge in [-0.25, -0.2) is 0 Å². The average molecular weight is 472 g/mol. The van der Waals surface area contributed by atoms with E-state index in [1.165, 1.54) is 0 Å². The van der Waals surface area contributed by atoms with Crippen molar-refractivity contribution in [3.8, 4) is 63.9 Å². The van der Waals surface area contributed by atoms with Gasteiger partial charge in [0, 0.05) is 34.4 Å². The van der Waals surface area contributed by atoms with Crippen LogP contribution in [0.1, 0.15) is 22.3 Å². The van der Waals surface area contributed by atoms with Crippen LogP contribution < -0.4 is 33.2 Å². The lowest BCUT2D eigenvalue weighted by molar-refractivity contribution is 0.174. The van der Waals surface area contributed by atoms with E-state index in [4.69, 9.17) is 33.2 Å². The molecule has 0 unspecified atom stereocenters. The van der Waals surface area contributed by atoms with Gasteiger partial charge in [-0.3, -0.25) is 0 Å². The number of benzene rings is 3. The van der Waals surface area contributed by atoms with Crippen LogP contribution in [0.15, 0.2) is 42.5 Å². The third-order valence-corrected chi connectivity index (χ3v) is 5.24. The molecule has 0 saturated heterocycles.